The smallest absolute Gasteiger partial charge is 0.410 e. The second-order valence-electron chi connectivity index (χ2n) is 10.1. The van der Waals surface area contributed by atoms with Crippen LogP contribution in [0.4, 0.5) is 9.18 Å². The van der Waals surface area contributed by atoms with Gasteiger partial charge in [-0.3, -0.25) is 4.79 Å². The van der Waals surface area contributed by atoms with E-state index in [2.05, 4.69) is 0 Å². The Morgan fingerprint density at radius 3 is 2.35 bits per heavy atom. The van der Waals surface area contributed by atoms with Gasteiger partial charge in [0.25, 0.3) is 0 Å². The summed E-state index contributed by atoms with van der Waals surface area (Å²) in [5, 5.41) is 0. The number of nitrogens with zero attached hydrogens (tertiary/aromatic N) is 1. The van der Waals surface area contributed by atoms with Crippen molar-refractivity contribution in [1.29, 1.82) is 0 Å². The zero-order valence-corrected chi connectivity index (χ0v) is 19.4. The molecule has 0 saturated carbocycles. The van der Waals surface area contributed by atoms with Crippen molar-refractivity contribution in [2.45, 2.75) is 72.0 Å². The summed E-state index contributed by atoms with van der Waals surface area (Å²) >= 11 is 0. The predicted octanol–water partition coefficient (Wildman–Crippen LogP) is 4.32. The lowest BCUT2D eigenvalue weighted by atomic mass is 9.84. The summed E-state index contributed by atoms with van der Waals surface area (Å²) in [4.78, 5) is 38.2. The van der Waals surface area contributed by atoms with Crippen LogP contribution in [0.1, 0.15) is 59.1 Å². The number of rotatable bonds is 6. The van der Waals surface area contributed by atoms with Crippen LogP contribution >= 0.6 is 0 Å². The molecule has 6 nitrogen and oxygen atoms in total. The largest absolute Gasteiger partial charge is 0.460 e. The van der Waals surface area contributed by atoms with Gasteiger partial charge in [0.2, 0.25) is 0 Å². The van der Waals surface area contributed by atoms with Gasteiger partial charge in [0, 0.05) is 19.5 Å². The van der Waals surface area contributed by atoms with E-state index in [0.29, 0.717) is 31.5 Å². The molecule has 0 spiro atoms. The molecule has 1 aliphatic heterocycles. The van der Waals surface area contributed by atoms with E-state index < -0.39 is 29.0 Å². The minimum atomic E-state index is -0.660. The Balaban J connectivity index is 2.25. The number of carbonyl (C=O) groups is 3. The molecule has 7 heteroatoms. The minimum Gasteiger partial charge on any atom is -0.460 e. The molecule has 0 N–H and O–H groups in total. The number of aldehydes is 1. The molecule has 1 aromatic carbocycles. The molecular formula is C24H34FNO5. The van der Waals surface area contributed by atoms with Gasteiger partial charge in [-0.15, -0.1) is 0 Å². The van der Waals surface area contributed by atoms with E-state index >= 15 is 0 Å². The van der Waals surface area contributed by atoms with Gasteiger partial charge in [0.05, 0.1) is 5.92 Å². The minimum absolute atomic E-state index is 0.0723. The number of hydrogen-bond acceptors (Lipinski definition) is 5. The number of benzene rings is 1. The van der Waals surface area contributed by atoms with Crippen LogP contribution < -0.4 is 0 Å². The number of hydrogen-bond donors (Lipinski definition) is 0. The molecule has 0 aliphatic carbocycles. The molecule has 0 unspecified atom stereocenters. The SMILES string of the molecule is CC(C)(C)OC(=O)[C@@H](Cc1ccc(F)cc1CC=O)[C@H]1CCN(C(=O)OC(C)(C)C)C1. The van der Waals surface area contributed by atoms with Crippen molar-refractivity contribution in [2.75, 3.05) is 13.1 Å². The zero-order chi connectivity index (χ0) is 23.4. The molecule has 0 aromatic heterocycles. The maximum atomic E-state index is 13.7. The maximum Gasteiger partial charge on any atom is 0.410 e. The summed E-state index contributed by atoms with van der Waals surface area (Å²) in [6, 6.07) is 4.28. The first-order valence-electron chi connectivity index (χ1n) is 10.7. The third kappa shape index (κ3) is 7.64. The van der Waals surface area contributed by atoms with Crippen LogP contribution in [-0.2, 0) is 31.9 Å². The Morgan fingerprint density at radius 1 is 1.13 bits per heavy atom. The summed E-state index contributed by atoms with van der Waals surface area (Å²) < 4.78 is 24.8. The van der Waals surface area contributed by atoms with Crippen molar-refractivity contribution in [2.24, 2.45) is 11.8 Å². The second-order valence-corrected chi connectivity index (χ2v) is 10.1. The molecule has 172 valence electrons. The van der Waals surface area contributed by atoms with Crippen molar-refractivity contribution in [3.63, 3.8) is 0 Å². The van der Waals surface area contributed by atoms with Crippen LogP contribution in [0, 0.1) is 17.7 Å². The molecule has 1 saturated heterocycles. The van der Waals surface area contributed by atoms with Crippen molar-refractivity contribution in [1.82, 2.24) is 4.90 Å². The van der Waals surface area contributed by atoms with Crippen molar-refractivity contribution in [3.8, 4) is 0 Å². The Hall–Kier alpha value is -2.44. The van der Waals surface area contributed by atoms with E-state index in [0.717, 1.165) is 11.8 Å². The Morgan fingerprint density at radius 2 is 1.77 bits per heavy atom. The molecule has 1 fully saturated rings. The van der Waals surface area contributed by atoms with Gasteiger partial charge in [-0.25, -0.2) is 9.18 Å². The topological polar surface area (TPSA) is 72.9 Å². The fourth-order valence-electron chi connectivity index (χ4n) is 3.74. The fraction of sp³-hybridized carbons (Fsp3) is 0.625. The van der Waals surface area contributed by atoms with Gasteiger partial charge in [-0.1, -0.05) is 6.07 Å². The third-order valence-electron chi connectivity index (χ3n) is 5.07. The van der Waals surface area contributed by atoms with Crippen molar-refractivity contribution >= 4 is 18.3 Å². The highest BCUT2D eigenvalue weighted by molar-refractivity contribution is 5.74. The van der Waals surface area contributed by atoms with Crippen LogP contribution in [0.3, 0.4) is 0 Å². The summed E-state index contributed by atoms with van der Waals surface area (Å²) in [6.07, 6.45) is 1.34. The number of halogens is 1. The van der Waals surface area contributed by atoms with Crippen molar-refractivity contribution in [3.05, 3.63) is 35.1 Å². The van der Waals surface area contributed by atoms with E-state index in [1.165, 1.54) is 12.1 Å². The molecule has 1 amide bonds. The molecule has 0 radical (unpaired) electrons. The average molecular weight is 436 g/mol. The van der Waals surface area contributed by atoms with Gasteiger partial charge in [0.1, 0.15) is 23.3 Å². The molecule has 1 heterocycles. The molecule has 1 aliphatic rings. The van der Waals surface area contributed by atoms with Crippen LogP contribution in [0.2, 0.25) is 0 Å². The van der Waals surface area contributed by atoms with Gasteiger partial charge >= 0.3 is 12.1 Å². The number of amides is 1. The highest BCUT2D eigenvalue weighted by Crippen LogP contribution is 2.31. The van der Waals surface area contributed by atoms with Crippen LogP contribution in [0.25, 0.3) is 0 Å². The van der Waals surface area contributed by atoms with E-state index in [1.54, 1.807) is 31.7 Å². The van der Waals surface area contributed by atoms with E-state index in [1.807, 2.05) is 20.8 Å². The van der Waals surface area contributed by atoms with Crippen molar-refractivity contribution < 1.29 is 28.2 Å². The zero-order valence-electron chi connectivity index (χ0n) is 19.4. The summed E-state index contributed by atoms with van der Waals surface area (Å²) in [6.45, 7) is 11.7. The van der Waals surface area contributed by atoms with Gasteiger partial charge in [0.15, 0.2) is 0 Å². The molecule has 2 rings (SSSR count). The Labute approximate surface area is 184 Å². The lowest BCUT2D eigenvalue weighted by molar-refractivity contribution is -0.162. The highest BCUT2D eigenvalue weighted by atomic mass is 19.1. The van der Waals surface area contributed by atoms with E-state index in [-0.39, 0.29) is 18.3 Å². The van der Waals surface area contributed by atoms with E-state index in [9.17, 15) is 18.8 Å². The standard InChI is InChI=1S/C24H34FNO5/c1-23(2,3)30-21(28)20(14-16-7-8-19(25)13-17(16)10-12-27)18-9-11-26(15-18)22(29)31-24(4,5)6/h7-8,12-13,18,20H,9-11,14-15H2,1-6H3/t18-,20-/m0/s1. The molecule has 1 aromatic rings. The predicted molar refractivity (Wildman–Crippen MR) is 115 cm³/mol. The lowest BCUT2D eigenvalue weighted by Gasteiger charge is -2.28. The number of likely N-dealkylation sites (tertiary alicyclic amines) is 1. The van der Waals surface area contributed by atoms with Crippen LogP contribution in [0.5, 0.6) is 0 Å². The molecule has 0 bridgehead atoms. The lowest BCUT2D eigenvalue weighted by Crippen LogP contribution is -2.38. The fourth-order valence-corrected chi connectivity index (χ4v) is 3.74. The first kappa shape index (κ1) is 24.8. The van der Waals surface area contributed by atoms with Gasteiger partial charge in [-0.2, -0.15) is 0 Å². The highest BCUT2D eigenvalue weighted by Gasteiger charge is 2.39. The number of esters is 1. The first-order valence-corrected chi connectivity index (χ1v) is 10.7. The number of ether oxygens (including phenoxy) is 2. The summed E-state index contributed by atoms with van der Waals surface area (Å²) in [5.74, 6) is -1.43. The first-order chi connectivity index (χ1) is 14.3. The van der Waals surface area contributed by atoms with Gasteiger partial charge in [-0.05, 0) is 83.6 Å². The summed E-state index contributed by atoms with van der Waals surface area (Å²) in [7, 11) is 0. The molecule has 2 atom stereocenters. The van der Waals surface area contributed by atoms with E-state index in [4.69, 9.17) is 9.47 Å². The Bertz CT molecular complexity index is 809. The molecule has 31 heavy (non-hydrogen) atoms. The average Bonchev–Trinajstić information content (AvgIpc) is 3.08. The van der Waals surface area contributed by atoms with Crippen LogP contribution in [-0.4, -0.2) is 47.5 Å². The van der Waals surface area contributed by atoms with Gasteiger partial charge < -0.3 is 19.2 Å². The molecular weight excluding hydrogens is 401 g/mol. The second kappa shape index (κ2) is 9.79. The quantitative estimate of drug-likeness (QED) is 0.491. The third-order valence-corrected chi connectivity index (χ3v) is 5.07. The Kier molecular flexibility index (Phi) is 7.84. The number of carbonyl (C=O) groups excluding carboxylic acids is 3. The maximum absolute atomic E-state index is 13.7. The summed E-state index contributed by atoms with van der Waals surface area (Å²) in [5.41, 5.74) is 0.0377. The monoisotopic (exact) mass is 435 g/mol. The van der Waals surface area contributed by atoms with Crippen LogP contribution in [0.15, 0.2) is 18.2 Å². The normalized spacial score (nSPS) is 17.9.